The maximum absolute atomic E-state index is 12.7. The van der Waals surface area contributed by atoms with Gasteiger partial charge in [-0.2, -0.15) is 0 Å². The first-order valence-corrected chi connectivity index (χ1v) is 11.0. The second kappa shape index (κ2) is 8.89. The summed E-state index contributed by atoms with van der Waals surface area (Å²) in [7, 11) is 0.0849. The third-order valence-electron chi connectivity index (χ3n) is 5.18. The van der Waals surface area contributed by atoms with Gasteiger partial charge in [-0.05, 0) is 49.7 Å². The van der Waals surface area contributed by atoms with Crippen LogP contribution in [0.3, 0.4) is 0 Å². The first kappa shape index (κ1) is 21.2. The Hall–Kier alpha value is -2.49. The Morgan fingerprint density at radius 3 is 2.38 bits per heavy atom. The fourth-order valence-corrected chi connectivity index (χ4v) is 4.62. The van der Waals surface area contributed by atoms with Crippen molar-refractivity contribution >= 4 is 21.4 Å². The molecule has 1 N–H and O–H groups in total. The van der Waals surface area contributed by atoms with Crippen molar-refractivity contribution in [2.24, 2.45) is 0 Å². The van der Waals surface area contributed by atoms with E-state index >= 15 is 0 Å². The van der Waals surface area contributed by atoms with Crippen molar-refractivity contribution in [1.82, 2.24) is 9.62 Å². The highest BCUT2D eigenvalue weighted by Gasteiger charge is 2.26. The van der Waals surface area contributed by atoms with Crippen LogP contribution in [0.15, 0.2) is 53.4 Å². The first-order chi connectivity index (χ1) is 13.8. The summed E-state index contributed by atoms with van der Waals surface area (Å²) in [5.41, 5.74) is 1.87. The topological polar surface area (TPSA) is 95.8 Å². The quantitative estimate of drug-likeness (QED) is 0.523. The van der Waals surface area contributed by atoms with Crippen LogP contribution in [0.1, 0.15) is 24.4 Å². The third kappa shape index (κ3) is 5.11. The largest absolute Gasteiger partial charge is 0.378 e. The molecular formula is C20H26N4O4S. The Morgan fingerprint density at radius 2 is 1.79 bits per heavy atom. The fourth-order valence-electron chi connectivity index (χ4n) is 3.54. The standard InChI is InChI=1S/C20H26N4O4S/c1-22(2)17-10-8-16(9-11-17)20(23-12-3-4-13-23)15-21-29(27,28)19-7-5-6-18(14-19)24(25)26/h5-11,14,20-21H,3-4,12-13,15H2,1-2H3. The number of nitrogens with one attached hydrogen (secondary N) is 1. The van der Waals surface area contributed by atoms with Gasteiger partial charge in [0.2, 0.25) is 10.0 Å². The molecule has 0 radical (unpaired) electrons. The fraction of sp³-hybridized carbons (Fsp3) is 0.400. The molecule has 156 valence electrons. The van der Waals surface area contributed by atoms with Crippen LogP contribution >= 0.6 is 0 Å². The van der Waals surface area contributed by atoms with Gasteiger partial charge in [0.15, 0.2) is 0 Å². The van der Waals surface area contributed by atoms with E-state index < -0.39 is 14.9 Å². The lowest BCUT2D eigenvalue weighted by Crippen LogP contribution is -2.36. The van der Waals surface area contributed by atoms with Crippen LogP contribution in [0, 0.1) is 10.1 Å². The SMILES string of the molecule is CN(C)c1ccc(C(CNS(=O)(=O)c2cccc([N+](=O)[O-])c2)N2CCCC2)cc1. The minimum absolute atomic E-state index is 0.0952. The summed E-state index contributed by atoms with van der Waals surface area (Å²) in [5.74, 6) is 0. The predicted molar refractivity (Wildman–Crippen MR) is 113 cm³/mol. The normalized spacial score (nSPS) is 15.9. The maximum Gasteiger partial charge on any atom is 0.270 e. The number of sulfonamides is 1. The second-order valence-electron chi connectivity index (χ2n) is 7.35. The molecule has 1 saturated heterocycles. The average molecular weight is 419 g/mol. The Balaban J connectivity index is 1.81. The van der Waals surface area contributed by atoms with Crippen LogP contribution in [0.5, 0.6) is 0 Å². The van der Waals surface area contributed by atoms with E-state index in [9.17, 15) is 18.5 Å². The summed E-state index contributed by atoms with van der Waals surface area (Å²) in [6, 6.07) is 13.1. The molecule has 1 aliphatic heterocycles. The summed E-state index contributed by atoms with van der Waals surface area (Å²) in [6.45, 7) is 2.03. The van der Waals surface area contributed by atoms with Crippen LogP contribution in [0.2, 0.25) is 0 Å². The van der Waals surface area contributed by atoms with Crippen LogP contribution in [0.4, 0.5) is 11.4 Å². The summed E-state index contributed by atoms with van der Waals surface area (Å²) >= 11 is 0. The molecule has 1 fully saturated rings. The molecule has 0 spiro atoms. The molecule has 2 aromatic rings. The molecule has 0 aliphatic carbocycles. The van der Waals surface area contributed by atoms with Gasteiger partial charge in [0, 0.05) is 44.5 Å². The highest BCUT2D eigenvalue weighted by atomic mass is 32.2. The number of anilines is 1. The number of nitro groups is 1. The number of likely N-dealkylation sites (tertiary alicyclic amines) is 1. The van der Waals surface area contributed by atoms with E-state index in [2.05, 4.69) is 9.62 Å². The Morgan fingerprint density at radius 1 is 1.14 bits per heavy atom. The number of rotatable bonds is 8. The highest BCUT2D eigenvalue weighted by Crippen LogP contribution is 2.27. The van der Waals surface area contributed by atoms with Crippen LogP contribution in [-0.2, 0) is 10.0 Å². The molecule has 8 nitrogen and oxygen atoms in total. The van der Waals surface area contributed by atoms with Gasteiger partial charge in [0.25, 0.3) is 5.69 Å². The van der Waals surface area contributed by atoms with E-state index in [0.717, 1.165) is 43.2 Å². The number of hydrogen-bond donors (Lipinski definition) is 1. The predicted octanol–water partition coefficient (Wildman–Crippen LogP) is 2.78. The van der Waals surface area contributed by atoms with Gasteiger partial charge in [0.05, 0.1) is 9.82 Å². The lowest BCUT2D eigenvalue weighted by Gasteiger charge is -2.28. The Labute approximate surface area is 171 Å². The monoisotopic (exact) mass is 418 g/mol. The average Bonchev–Trinajstić information content (AvgIpc) is 3.23. The minimum Gasteiger partial charge on any atom is -0.378 e. The lowest BCUT2D eigenvalue weighted by molar-refractivity contribution is -0.385. The molecule has 0 saturated carbocycles. The van der Waals surface area contributed by atoms with Gasteiger partial charge < -0.3 is 4.90 Å². The van der Waals surface area contributed by atoms with Crippen molar-refractivity contribution in [3.8, 4) is 0 Å². The van der Waals surface area contributed by atoms with Gasteiger partial charge in [-0.1, -0.05) is 18.2 Å². The van der Waals surface area contributed by atoms with Crippen molar-refractivity contribution < 1.29 is 13.3 Å². The summed E-state index contributed by atoms with van der Waals surface area (Å²) in [4.78, 5) is 14.6. The van der Waals surface area contributed by atoms with E-state index in [4.69, 9.17) is 0 Å². The first-order valence-electron chi connectivity index (χ1n) is 9.53. The zero-order valence-corrected chi connectivity index (χ0v) is 17.4. The van der Waals surface area contributed by atoms with E-state index in [0.29, 0.717) is 0 Å². The molecule has 0 bridgehead atoms. The number of hydrogen-bond acceptors (Lipinski definition) is 6. The van der Waals surface area contributed by atoms with Crippen LogP contribution < -0.4 is 9.62 Å². The zero-order valence-electron chi connectivity index (χ0n) is 16.6. The van der Waals surface area contributed by atoms with Gasteiger partial charge in [0.1, 0.15) is 0 Å². The van der Waals surface area contributed by atoms with Crippen LogP contribution in [-0.4, -0.2) is 52.0 Å². The molecular weight excluding hydrogens is 392 g/mol. The number of nitrogens with zero attached hydrogens (tertiary/aromatic N) is 3. The summed E-state index contributed by atoms with van der Waals surface area (Å²) in [6.07, 6.45) is 2.17. The van der Waals surface area contributed by atoms with Crippen LogP contribution in [0.25, 0.3) is 0 Å². The highest BCUT2D eigenvalue weighted by molar-refractivity contribution is 7.89. The Bertz CT molecular complexity index is 955. The number of nitro benzene ring substituents is 1. The van der Waals surface area contributed by atoms with Gasteiger partial charge >= 0.3 is 0 Å². The molecule has 29 heavy (non-hydrogen) atoms. The third-order valence-corrected chi connectivity index (χ3v) is 6.60. The van der Waals surface area contributed by atoms with Crippen molar-refractivity contribution in [3.63, 3.8) is 0 Å². The molecule has 0 aromatic heterocycles. The molecule has 9 heteroatoms. The van der Waals surface area contributed by atoms with Crippen molar-refractivity contribution in [2.75, 3.05) is 38.6 Å². The maximum atomic E-state index is 12.7. The molecule has 0 amide bonds. The van der Waals surface area contributed by atoms with Crippen molar-refractivity contribution in [1.29, 1.82) is 0 Å². The molecule has 1 atom stereocenters. The van der Waals surface area contributed by atoms with Crippen molar-refractivity contribution in [3.05, 3.63) is 64.2 Å². The van der Waals surface area contributed by atoms with E-state index in [1.54, 1.807) is 0 Å². The molecule has 2 aromatic carbocycles. The zero-order chi connectivity index (χ0) is 21.0. The molecule has 1 heterocycles. The summed E-state index contributed by atoms with van der Waals surface area (Å²) < 4.78 is 28.1. The second-order valence-corrected chi connectivity index (χ2v) is 9.12. The van der Waals surface area contributed by atoms with E-state index in [-0.39, 0.29) is 23.2 Å². The molecule has 1 unspecified atom stereocenters. The number of non-ortho nitro benzene ring substituents is 1. The van der Waals surface area contributed by atoms with Gasteiger partial charge in [-0.15, -0.1) is 0 Å². The van der Waals surface area contributed by atoms with E-state index in [1.165, 1.54) is 18.2 Å². The smallest absolute Gasteiger partial charge is 0.270 e. The lowest BCUT2D eigenvalue weighted by atomic mass is 10.1. The van der Waals surface area contributed by atoms with Gasteiger partial charge in [-0.25, -0.2) is 13.1 Å². The Kier molecular flexibility index (Phi) is 6.51. The van der Waals surface area contributed by atoms with E-state index in [1.807, 2.05) is 43.3 Å². The number of benzene rings is 2. The molecule has 3 rings (SSSR count). The minimum atomic E-state index is -3.86. The molecule has 1 aliphatic rings. The van der Waals surface area contributed by atoms with Crippen molar-refractivity contribution in [2.45, 2.75) is 23.8 Å². The van der Waals surface area contributed by atoms with Gasteiger partial charge in [-0.3, -0.25) is 15.0 Å². The summed E-state index contributed by atoms with van der Waals surface area (Å²) in [5, 5.41) is 11.0.